The number of aliphatic hydroxyl groups is 4. The Bertz CT molecular complexity index is 1210. The van der Waals surface area contributed by atoms with Crippen LogP contribution in [0.1, 0.15) is 37.3 Å². The maximum atomic E-state index is 12.8. The number of unbranched alkanes of at least 4 members (excludes halogenated alkanes) is 1. The summed E-state index contributed by atoms with van der Waals surface area (Å²) in [5.74, 6) is -2.97. The van der Waals surface area contributed by atoms with Crippen LogP contribution in [0.15, 0.2) is 42.5 Å². The maximum Gasteiger partial charge on any atom is 0.309 e. The second-order valence-electron chi connectivity index (χ2n) is 9.79. The topological polar surface area (TPSA) is 203 Å². The summed E-state index contributed by atoms with van der Waals surface area (Å²) in [6.45, 7) is 1.51. The molecule has 1 aliphatic heterocycles. The first-order valence-corrected chi connectivity index (χ1v) is 13.2. The molecule has 0 unspecified atom stereocenters. The predicted octanol–water partition coefficient (Wildman–Crippen LogP) is 1.16. The number of benzene rings is 2. The van der Waals surface area contributed by atoms with Crippen molar-refractivity contribution in [2.75, 3.05) is 13.2 Å². The molecule has 1 fully saturated rings. The van der Waals surface area contributed by atoms with Gasteiger partial charge in [0.15, 0.2) is 28.8 Å². The monoisotopic (exact) mass is 576 g/mol. The van der Waals surface area contributed by atoms with Gasteiger partial charge in [-0.1, -0.05) is 31.6 Å². The Morgan fingerprint density at radius 1 is 0.976 bits per heavy atom. The van der Waals surface area contributed by atoms with E-state index in [4.69, 9.17) is 14.2 Å². The van der Waals surface area contributed by atoms with Crippen molar-refractivity contribution in [3.05, 3.63) is 53.6 Å². The minimum Gasteiger partial charge on any atom is -0.504 e. The van der Waals surface area contributed by atoms with Crippen LogP contribution in [-0.2, 0) is 25.5 Å². The summed E-state index contributed by atoms with van der Waals surface area (Å²) in [4.78, 5) is 25.6. The van der Waals surface area contributed by atoms with Crippen LogP contribution >= 0.6 is 0 Å². The smallest absolute Gasteiger partial charge is 0.309 e. The molecule has 12 heteroatoms. The molecule has 0 saturated carbocycles. The van der Waals surface area contributed by atoms with Crippen LogP contribution < -0.4 is 4.74 Å². The van der Waals surface area contributed by atoms with Gasteiger partial charge in [0.2, 0.25) is 6.29 Å². The molecule has 2 aromatic rings. The van der Waals surface area contributed by atoms with Crippen LogP contribution in [0.2, 0.25) is 0 Å². The first-order chi connectivity index (χ1) is 19.5. The number of carbonyl (C=O) groups is 2. The van der Waals surface area contributed by atoms with E-state index in [2.05, 4.69) is 0 Å². The highest BCUT2D eigenvalue weighted by Crippen LogP contribution is 2.32. The van der Waals surface area contributed by atoms with Crippen molar-refractivity contribution in [3.63, 3.8) is 0 Å². The average Bonchev–Trinajstić information content (AvgIpc) is 2.95. The van der Waals surface area contributed by atoms with Crippen LogP contribution in [-0.4, -0.2) is 91.4 Å². The third-order valence-corrected chi connectivity index (χ3v) is 6.58. The average molecular weight is 577 g/mol. The predicted molar refractivity (Wildman–Crippen MR) is 144 cm³/mol. The number of allylic oxidation sites excluding steroid dienone is 1. The molecule has 0 aromatic heterocycles. The van der Waals surface area contributed by atoms with Crippen molar-refractivity contribution < 1.29 is 59.5 Å². The van der Waals surface area contributed by atoms with E-state index in [-0.39, 0.29) is 42.4 Å². The van der Waals surface area contributed by atoms with Crippen molar-refractivity contribution in [3.8, 4) is 23.0 Å². The van der Waals surface area contributed by atoms with E-state index < -0.39 is 55.0 Å². The van der Waals surface area contributed by atoms with E-state index in [0.717, 1.165) is 6.42 Å². The minimum absolute atomic E-state index is 0.0919. The summed E-state index contributed by atoms with van der Waals surface area (Å²) in [5.41, 5.74) is 0.935. The summed E-state index contributed by atoms with van der Waals surface area (Å²) in [5, 5.41) is 69.0. The Hall–Kier alpha value is -3.68. The molecule has 41 heavy (non-hydrogen) atoms. The minimum atomic E-state index is -1.68. The molecule has 0 aliphatic carbocycles. The van der Waals surface area contributed by atoms with E-state index in [1.54, 1.807) is 0 Å². The molecule has 6 atom stereocenters. The number of phenolic OH excluding ortho intramolecular Hbond substituents is 3. The number of hydrogen-bond acceptors (Lipinski definition) is 12. The molecule has 2 aromatic carbocycles. The lowest BCUT2D eigenvalue weighted by Gasteiger charge is -2.39. The van der Waals surface area contributed by atoms with Gasteiger partial charge in [-0.2, -0.15) is 0 Å². The third kappa shape index (κ3) is 8.65. The van der Waals surface area contributed by atoms with Gasteiger partial charge in [0.1, 0.15) is 24.4 Å². The number of esters is 1. The lowest BCUT2D eigenvalue weighted by Crippen LogP contribution is -2.60. The Morgan fingerprint density at radius 3 is 2.39 bits per heavy atom. The SMILES string of the molecule is CCCCOC(=O)[C@H](CC(=O)C=Cc1ccc(O)c(O[C@@H]2O[C@H](CO)[C@@H](O)[C@H](O)[C@H]2O)c1)Cc1ccc(O)c(O)c1. The van der Waals surface area contributed by atoms with Gasteiger partial charge in [-0.3, -0.25) is 9.59 Å². The Morgan fingerprint density at radius 2 is 1.71 bits per heavy atom. The number of carbonyl (C=O) groups excluding carboxylic acids is 2. The van der Waals surface area contributed by atoms with Gasteiger partial charge < -0.3 is 50.0 Å². The van der Waals surface area contributed by atoms with Gasteiger partial charge in [0.25, 0.3) is 0 Å². The van der Waals surface area contributed by atoms with E-state index in [0.29, 0.717) is 17.5 Å². The molecule has 1 aliphatic rings. The molecule has 1 saturated heterocycles. The summed E-state index contributed by atoms with van der Waals surface area (Å²) < 4.78 is 16.1. The second kappa shape index (κ2) is 14.8. The summed E-state index contributed by atoms with van der Waals surface area (Å²) in [6.07, 6.45) is -3.59. The summed E-state index contributed by atoms with van der Waals surface area (Å²) >= 11 is 0. The standard InChI is InChI=1S/C29H36O12/c1-2-3-10-39-28(38)18(11-17-6-8-20(32)22(34)12-17)14-19(31)7-4-16-5-9-21(33)23(13-16)40-29-27(37)26(36)25(35)24(15-30)41-29/h4-9,12-13,18,24-27,29-30,32-37H,2-3,10-11,14-15H2,1H3/t18-,24+,25+,26-,27+,29+/m0/s1. The lowest BCUT2D eigenvalue weighted by molar-refractivity contribution is -0.277. The molecule has 0 amide bonds. The molecule has 12 nitrogen and oxygen atoms in total. The number of phenols is 3. The number of rotatable bonds is 13. The zero-order valence-electron chi connectivity index (χ0n) is 22.5. The molecule has 7 N–H and O–H groups in total. The van der Waals surface area contributed by atoms with E-state index in [9.17, 15) is 45.3 Å². The van der Waals surface area contributed by atoms with Gasteiger partial charge in [0.05, 0.1) is 19.1 Å². The first kappa shape index (κ1) is 31.8. The van der Waals surface area contributed by atoms with Gasteiger partial charge in [0, 0.05) is 6.42 Å². The Labute approximate surface area is 236 Å². The molecular weight excluding hydrogens is 540 g/mol. The fourth-order valence-corrected chi connectivity index (χ4v) is 4.17. The maximum absolute atomic E-state index is 12.8. The zero-order valence-corrected chi connectivity index (χ0v) is 22.5. The quantitative estimate of drug-likeness (QED) is 0.0777. The molecular formula is C29H36O12. The number of ether oxygens (including phenoxy) is 3. The summed E-state index contributed by atoms with van der Waals surface area (Å²) in [6, 6.07) is 8.24. The number of hydrogen-bond donors (Lipinski definition) is 7. The lowest BCUT2D eigenvalue weighted by atomic mass is 9.93. The highest BCUT2D eigenvalue weighted by Gasteiger charge is 2.45. The summed E-state index contributed by atoms with van der Waals surface area (Å²) in [7, 11) is 0. The van der Waals surface area contributed by atoms with E-state index in [1.807, 2.05) is 6.92 Å². The van der Waals surface area contributed by atoms with Crippen molar-refractivity contribution in [1.82, 2.24) is 0 Å². The molecule has 1 heterocycles. The van der Waals surface area contributed by atoms with E-state index >= 15 is 0 Å². The van der Waals surface area contributed by atoms with Crippen LogP contribution in [0.25, 0.3) is 6.08 Å². The number of ketones is 1. The molecule has 0 bridgehead atoms. The second-order valence-corrected chi connectivity index (χ2v) is 9.79. The van der Waals surface area contributed by atoms with Crippen molar-refractivity contribution in [2.45, 2.75) is 63.3 Å². The fourth-order valence-electron chi connectivity index (χ4n) is 4.17. The third-order valence-electron chi connectivity index (χ3n) is 6.58. The van der Waals surface area contributed by atoms with Crippen molar-refractivity contribution in [2.24, 2.45) is 5.92 Å². The molecule has 0 radical (unpaired) electrons. The van der Waals surface area contributed by atoms with Crippen LogP contribution in [0.5, 0.6) is 23.0 Å². The van der Waals surface area contributed by atoms with Crippen LogP contribution in [0.4, 0.5) is 0 Å². The van der Waals surface area contributed by atoms with Gasteiger partial charge in [-0.25, -0.2) is 0 Å². The normalized spacial score (nSPS) is 23.3. The highest BCUT2D eigenvalue weighted by molar-refractivity contribution is 5.96. The largest absolute Gasteiger partial charge is 0.504 e. The van der Waals surface area contributed by atoms with Gasteiger partial charge in [-0.05, 0) is 54.3 Å². The number of aliphatic hydroxyl groups excluding tert-OH is 4. The first-order valence-electron chi connectivity index (χ1n) is 13.2. The highest BCUT2D eigenvalue weighted by atomic mass is 16.7. The zero-order chi connectivity index (χ0) is 30.1. The van der Waals surface area contributed by atoms with Crippen LogP contribution in [0.3, 0.4) is 0 Å². The van der Waals surface area contributed by atoms with Crippen molar-refractivity contribution in [1.29, 1.82) is 0 Å². The van der Waals surface area contributed by atoms with Gasteiger partial charge >= 0.3 is 5.97 Å². The van der Waals surface area contributed by atoms with Gasteiger partial charge in [-0.15, -0.1) is 0 Å². The molecule has 224 valence electrons. The molecule has 0 spiro atoms. The Balaban J connectivity index is 1.71. The molecule has 3 rings (SSSR count). The Kier molecular flexibility index (Phi) is 11.5. The van der Waals surface area contributed by atoms with Crippen molar-refractivity contribution >= 4 is 17.8 Å². The van der Waals surface area contributed by atoms with E-state index in [1.165, 1.54) is 48.6 Å². The van der Waals surface area contributed by atoms with Crippen LogP contribution in [0, 0.1) is 5.92 Å². The number of aromatic hydroxyl groups is 3. The fraction of sp³-hybridized carbons (Fsp3) is 0.448.